The molecular formula is C50H32B2N6. The van der Waals surface area contributed by atoms with E-state index in [1.165, 1.54) is 32.8 Å². The van der Waals surface area contributed by atoms with E-state index in [-0.39, 0.29) is 13.4 Å². The van der Waals surface area contributed by atoms with E-state index >= 15 is 0 Å². The van der Waals surface area contributed by atoms with Crippen LogP contribution in [-0.4, -0.2) is 41.3 Å². The Morgan fingerprint density at radius 3 is 0.983 bits per heavy atom. The van der Waals surface area contributed by atoms with Crippen LogP contribution in [0.4, 0.5) is 0 Å². The van der Waals surface area contributed by atoms with Gasteiger partial charge in [0.25, 0.3) is 0 Å². The Morgan fingerprint density at radius 2 is 0.603 bits per heavy atom. The lowest BCUT2D eigenvalue weighted by molar-refractivity contribution is 1.11. The van der Waals surface area contributed by atoms with Crippen molar-refractivity contribution in [1.82, 2.24) is 27.9 Å². The van der Waals surface area contributed by atoms with E-state index in [2.05, 4.69) is 212 Å². The van der Waals surface area contributed by atoms with Crippen LogP contribution in [0.15, 0.2) is 194 Å². The third-order valence-corrected chi connectivity index (χ3v) is 12.4. The fraction of sp³-hybridized carbons (Fsp3) is 0. The highest BCUT2D eigenvalue weighted by Gasteiger charge is 2.38. The lowest BCUT2D eigenvalue weighted by Gasteiger charge is -2.32. The van der Waals surface area contributed by atoms with Crippen LogP contribution in [-0.2, 0) is 0 Å². The van der Waals surface area contributed by atoms with Crippen LogP contribution >= 0.6 is 0 Å². The molecule has 0 spiro atoms. The first-order chi connectivity index (χ1) is 28.8. The molecule has 4 aromatic heterocycles. The van der Waals surface area contributed by atoms with Crippen molar-refractivity contribution in [2.24, 2.45) is 0 Å². The number of rotatable bonds is 4. The first-order valence-corrected chi connectivity index (χ1v) is 19.9. The summed E-state index contributed by atoms with van der Waals surface area (Å²) >= 11 is 0. The van der Waals surface area contributed by atoms with E-state index in [4.69, 9.17) is 9.97 Å². The van der Waals surface area contributed by atoms with Gasteiger partial charge >= 0.3 is 0 Å². The number of hydrogen-bond acceptors (Lipinski definition) is 2. The number of aromatic nitrogens is 6. The lowest BCUT2D eigenvalue weighted by Crippen LogP contribution is -2.74. The van der Waals surface area contributed by atoms with Crippen molar-refractivity contribution in [3.8, 4) is 11.4 Å². The van der Waals surface area contributed by atoms with Crippen LogP contribution in [0.2, 0.25) is 0 Å². The molecule has 0 radical (unpaired) electrons. The van der Waals surface area contributed by atoms with E-state index in [1.54, 1.807) is 0 Å². The molecule has 0 unspecified atom stereocenters. The van der Waals surface area contributed by atoms with Crippen molar-refractivity contribution < 1.29 is 0 Å². The number of fused-ring (bicyclic) bond motifs is 12. The molecule has 0 saturated carbocycles. The molecule has 0 amide bonds. The van der Waals surface area contributed by atoms with Crippen molar-refractivity contribution in [3.05, 3.63) is 194 Å². The molecule has 1 aliphatic heterocycles. The second-order valence-electron chi connectivity index (χ2n) is 15.4. The summed E-state index contributed by atoms with van der Waals surface area (Å²) in [5, 5.41) is 0. The molecule has 13 rings (SSSR count). The van der Waals surface area contributed by atoms with Crippen molar-refractivity contribution in [1.29, 1.82) is 0 Å². The SMILES string of the molecule is c1ccc2c(c1)B(c1ccc(-n3c4ccccc4n4c5ccccc5nc34)cc1)c1ccccc1B2c1ccc(-n2c3ccccc3n3c4ccccc4nc23)cc1. The fourth-order valence-electron chi connectivity index (χ4n) is 9.97. The van der Waals surface area contributed by atoms with Gasteiger partial charge in [0.05, 0.1) is 44.1 Å². The molecular weight excluding hydrogens is 706 g/mol. The summed E-state index contributed by atoms with van der Waals surface area (Å²) in [6.45, 7) is 0.197. The van der Waals surface area contributed by atoms with Gasteiger partial charge in [-0.3, -0.25) is 17.9 Å². The first kappa shape index (κ1) is 31.6. The molecule has 58 heavy (non-hydrogen) atoms. The van der Waals surface area contributed by atoms with Gasteiger partial charge in [-0.1, -0.05) is 154 Å². The summed E-state index contributed by atoms with van der Waals surface area (Å²) in [5.74, 6) is 1.84. The zero-order chi connectivity index (χ0) is 37.9. The Labute approximate surface area is 334 Å². The number of hydrogen-bond donors (Lipinski definition) is 0. The maximum Gasteiger partial charge on any atom is 0.240 e. The summed E-state index contributed by atoms with van der Waals surface area (Å²) in [6.07, 6.45) is 0. The highest BCUT2D eigenvalue weighted by atomic mass is 15.2. The van der Waals surface area contributed by atoms with Crippen molar-refractivity contribution in [2.45, 2.75) is 0 Å². The number of imidazole rings is 4. The number of para-hydroxylation sites is 8. The van der Waals surface area contributed by atoms with Gasteiger partial charge in [0, 0.05) is 11.4 Å². The van der Waals surface area contributed by atoms with E-state index in [1.807, 2.05) is 0 Å². The average molecular weight is 738 g/mol. The van der Waals surface area contributed by atoms with Gasteiger partial charge in [-0.15, -0.1) is 0 Å². The van der Waals surface area contributed by atoms with Gasteiger partial charge in [0.1, 0.15) is 0 Å². The van der Waals surface area contributed by atoms with Gasteiger partial charge in [-0.25, -0.2) is 9.97 Å². The topological polar surface area (TPSA) is 44.5 Å². The maximum absolute atomic E-state index is 5.11. The summed E-state index contributed by atoms with van der Waals surface area (Å²) in [5.41, 5.74) is 18.9. The third-order valence-electron chi connectivity index (χ3n) is 12.4. The van der Waals surface area contributed by atoms with Crippen molar-refractivity contribution in [2.75, 3.05) is 0 Å². The van der Waals surface area contributed by atoms with Crippen LogP contribution in [0.25, 0.3) is 67.1 Å². The first-order valence-electron chi connectivity index (χ1n) is 19.9. The molecule has 6 nitrogen and oxygen atoms in total. The van der Waals surface area contributed by atoms with Crippen LogP contribution in [0.1, 0.15) is 0 Å². The molecule has 5 heterocycles. The minimum absolute atomic E-state index is 0.0986. The van der Waals surface area contributed by atoms with Gasteiger partial charge in [-0.05, 0) is 72.8 Å². The van der Waals surface area contributed by atoms with Crippen LogP contribution in [0, 0.1) is 0 Å². The van der Waals surface area contributed by atoms with Crippen LogP contribution < -0.4 is 32.8 Å². The van der Waals surface area contributed by atoms with E-state index < -0.39 is 0 Å². The van der Waals surface area contributed by atoms with Gasteiger partial charge in [-0.2, -0.15) is 0 Å². The summed E-state index contributed by atoms with van der Waals surface area (Å²) in [6, 6.07) is 70.4. The highest BCUT2D eigenvalue weighted by Crippen LogP contribution is 2.30. The van der Waals surface area contributed by atoms with Gasteiger partial charge in [0.2, 0.25) is 25.0 Å². The predicted molar refractivity (Wildman–Crippen MR) is 241 cm³/mol. The Morgan fingerprint density at radius 1 is 0.293 bits per heavy atom. The number of nitrogens with zero attached hydrogens (tertiary/aromatic N) is 6. The molecule has 8 aromatic carbocycles. The summed E-state index contributed by atoms with van der Waals surface area (Å²) in [7, 11) is 0. The molecule has 12 aromatic rings. The third kappa shape index (κ3) is 4.34. The smallest absolute Gasteiger partial charge is 0.240 e. The fourth-order valence-corrected chi connectivity index (χ4v) is 9.97. The highest BCUT2D eigenvalue weighted by molar-refractivity contribution is 7.11. The minimum atomic E-state index is 0.0986. The maximum atomic E-state index is 5.11. The van der Waals surface area contributed by atoms with Gasteiger partial charge < -0.3 is 0 Å². The summed E-state index contributed by atoms with van der Waals surface area (Å²) in [4.78, 5) is 10.2. The van der Waals surface area contributed by atoms with Crippen molar-refractivity contribution in [3.63, 3.8) is 0 Å². The monoisotopic (exact) mass is 738 g/mol. The Bertz CT molecular complexity index is 3310. The normalized spacial score (nSPS) is 12.8. The summed E-state index contributed by atoms with van der Waals surface area (Å²) < 4.78 is 9.13. The molecule has 268 valence electrons. The van der Waals surface area contributed by atoms with Crippen molar-refractivity contribution >= 4 is 102 Å². The van der Waals surface area contributed by atoms with E-state index in [0.717, 1.165) is 67.1 Å². The Balaban J connectivity index is 0.917. The van der Waals surface area contributed by atoms with E-state index in [9.17, 15) is 0 Å². The minimum Gasteiger partial charge on any atom is -0.278 e. The zero-order valence-electron chi connectivity index (χ0n) is 31.3. The largest absolute Gasteiger partial charge is 0.278 e. The predicted octanol–water partition coefficient (Wildman–Crippen LogP) is 6.52. The second kappa shape index (κ2) is 12.0. The van der Waals surface area contributed by atoms with Crippen LogP contribution in [0.3, 0.4) is 0 Å². The Kier molecular flexibility index (Phi) is 6.52. The molecule has 0 fully saturated rings. The van der Waals surface area contributed by atoms with Crippen LogP contribution in [0.5, 0.6) is 0 Å². The number of benzene rings is 8. The van der Waals surface area contributed by atoms with E-state index in [0.29, 0.717) is 0 Å². The Hall–Kier alpha value is -7.57. The molecule has 0 bridgehead atoms. The van der Waals surface area contributed by atoms with Gasteiger partial charge in [0.15, 0.2) is 0 Å². The molecule has 0 aliphatic carbocycles. The average Bonchev–Trinajstić information content (AvgIpc) is 4.02. The molecule has 0 atom stereocenters. The molecule has 8 heteroatoms. The molecule has 0 saturated heterocycles. The second-order valence-corrected chi connectivity index (χ2v) is 15.4. The standard InChI is InChI=1S/C50H32B2N6/c1-2-14-38-37(13-1)51(33-25-29-35(30-26-33)55-45-21-9-11-23-47(45)57-43-19-7-5-17-41(43)53-49(55)57)39-15-3-4-16-40(39)52(38)34-27-31-36(32-28-34)56-46-22-10-12-24-48(46)58-44-20-8-6-18-42(44)54-50(56)58/h1-32H. The lowest BCUT2D eigenvalue weighted by atomic mass is 9.21. The molecule has 0 N–H and O–H groups in total. The quantitative estimate of drug-likeness (QED) is 0.193. The molecule has 1 aliphatic rings. The zero-order valence-corrected chi connectivity index (χ0v) is 31.3.